The molecule has 0 aliphatic heterocycles. The molecule has 0 saturated heterocycles. The van der Waals surface area contributed by atoms with E-state index in [1.807, 2.05) is 0 Å². The van der Waals surface area contributed by atoms with E-state index in [2.05, 4.69) is 5.28 Å². The molecule has 0 aromatic carbocycles. The van der Waals surface area contributed by atoms with Crippen molar-refractivity contribution in [1.82, 2.24) is 5.01 Å². The van der Waals surface area contributed by atoms with E-state index in [1.165, 1.54) is 5.01 Å². The molecule has 0 unspecified atom stereocenters. The summed E-state index contributed by atoms with van der Waals surface area (Å²) in [5.74, 6) is -0.386. The molecule has 0 atom stereocenters. The van der Waals surface area contributed by atoms with Gasteiger partial charge in [0.15, 0.2) is 0 Å². The minimum atomic E-state index is -0.386. The Balaban J connectivity index is 4.06. The summed E-state index contributed by atoms with van der Waals surface area (Å²) in [5.41, 5.74) is 5.33. The van der Waals surface area contributed by atoms with E-state index in [-0.39, 0.29) is 23.9 Å². The van der Waals surface area contributed by atoms with Crippen LogP contribution in [0.1, 0.15) is 26.2 Å². The molecule has 0 aromatic heterocycles. The summed E-state index contributed by atoms with van der Waals surface area (Å²) < 4.78 is 4.73. The maximum atomic E-state index is 11.1. The van der Waals surface area contributed by atoms with Gasteiger partial charge in [0.05, 0.1) is 31.1 Å². The Hall–Kier alpha value is -1.57. The summed E-state index contributed by atoms with van der Waals surface area (Å²) in [6.07, 6.45) is 1.52. The maximum absolute atomic E-state index is 11.1. The van der Waals surface area contributed by atoms with Crippen molar-refractivity contribution in [3.05, 3.63) is 5.21 Å². The van der Waals surface area contributed by atoms with Crippen LogP contribution in [0.25, 0.3) is 0 Å². The normalized spacial score (nSPS) is 11.3. The molecule has 0 heterocycles. The zero-order chi connectivity index (χ0) is 13.1. The largest absolute Gasteiger partial charge is 0.569 e. The fourth-order valence-corrected chi connectivity index (χ4v) is 1.23. The fourth-order valence-electron chi connectivity index (χ4n) is 1.23. The van der Waals surface area contributed by atoms with Crippen LogP contribution in [0, 0.1) is 5.21 Å². The van der Waals surface area contributed by atoms with Gasteiger partial charge < -0.3 is 20.9 Å². The maximum Gasteiger partial charge on any atom is 0.307 e. The van der Waals surface area contributed by atoms with Crippen molar-refractivity contribution in [3.8, 4) is 0 Å². The third kappa shape index (κ3) is 7.34. The van der Waals surface area contributed by atoms with Crippen molar-refractivity contribution >= 4 is 5.97 Å². The summed E-state index contributed by atoms with van der Waals surface area (Å²) in [6.45, 7) is 3.07. The van der Waals surface area contributed by atoms with Gasteiger partial charge in [-0.2, -0.15) is 0 Å². The van der Waals surface area contributed by atoms with Gasteiger partial charge in [-0.3, -0.25) is 4.79 Å². The van der Waals surface area contributed by atoms with E-state index in [4.69, 9.17) is 15.7 Å². The van der Waals surface area contributed by atoms with Gasteiger partial charge in [-0.1, -0.05) is 0 Å². The van der Waals surface area contributed by atoms with E-state index >= 15 is 0 Å². The summed E-state index contributed by atoms with van der Waals surface area (Å²) in [6, 6.07) is 0. The summed E-state index contributed by atoms with van der Waals surface area (Å²) in [7, 11) is 0. The molecule has 0 rings (SSSR count). The number of rotatable bonds is 9. The Morgan fingerprint density at radius 2 is 2.24 bits per heavy atom. The second-order valence-corrected chi connectivity index (χ2v) is 3.35. The van der Waals surface area contributed by atoms with Crippen LogP contribution < -0.4 is 5.73 Å². The highest BCUT2D eigenvalue weighted by Gasteiger charge is 2.15. The van der Waals surface area contributed by atoms with E-state index in [0.29, 0.717) is 26.1 Å². The lowest BCUT2D eigenvalue weighted by Gasteiger charge is -2.16. The number of nitrogens with zero attached hydrogens (tertiary/aromatic N) is 3. The molecule has 0 radical (unpaired) electrons. The molecule has 8 nitrogen and oxygen atoms in total. The molecule has 0 bridgehead atoms. The number of unbranched alkanes of at least 4 members (excludes halogenated alkanes) is 1. The van der Waals surface area contributed by atoms with Gasteiger partial charge in [-0.05, 0) is 26.3 Å². The Morgan fingerprint density at radius 1 is 1.53 bits per heavy atom. The molecule has 0 aliphatic rings. The number of carbonyl (C=O) groups excluding carboxylic acids is 1. The first kappa shape index (κ1) is 15.4. The molecule has 17 heavy (non-hydrogen) atoms. The van der Waals surface area contributed by atoms with E-state index in [1.54, 1.807) is 6.92 Å². The first-order valence-corrected chi connectivity index (χ1v) is 5.58. The molecule has 0 amide bonds. The Bertz CT molecular complexity index is 247. The lowest BCUT2D eigenvalue weighted by Crippen LogP contribution is -2.34. The van der Waals surface area contributed by atoms with Gasteiger partial charge in [0.2, 0.25) is 5.28 Å². The SMILES string of the molecule is CCOC(=O)CCN(CCCCN)/[N+]([O-])=N/O. The van der Waals surface area contributed by atoms with Crippen molar-refractivity contribution in [2.75, 3.05) is 26.2 Å². The standard InChI is InChI=1S/C9H20N4O4/c1-2-17-9(14)5-8-12(13(16)11-15)7-4-3-6-10/h15H,2-8,10H2,1H3/b13-11-. The molecule has 0 fully saturated rings. The Morgan fingerprint density at radius 3 is 2.76 bits per heavy atom. The van der Waals surface area contributed by atoms with E-state index in [0.717, 1.165) is 6.42 Å². The molecule has 0 aromatic rings. The predicted molar refractivity (Wildman–Crippen MR) is 59.0 cm³/mol. The van der Waals surface area contributed by atoms with Crippen LogP contribution in [-0.2, 0) is 9.53 Å². The van der Waals surface area contributed by atoms with Crippen LogP contribution in [0.15, 0.2) is 5.28 Å². The van der Waals surface area contributed by atoms with Crippen LogP contribution in [0.2, 0.25) is 0 Å². The first-order chi connectivity index (χ1) is 8.15. The zero-order valence-corrected chi connectivity index (χ0v) is 10.0. The van der Waals surface area contributed by atoms with Crippen LogP contribution >= 0.6 is 0 Å². The second-order valence-electron chi connectivity index (χ2n) is 3.35. The zero-order valence-electron chi connectivity index (χ0n) is 10.0. The number of carbonyl (C=O) groups is 1. The van der Waals surface area contributed by atoms with Crippen molar-refractivity contribution in [1.29, 1.82) is 0 Å². The summed E-state index contributed by atoms with van der Waals surface area (Å²) >= 11 is 0. The molecule has 8 heteroatoms. The monoisotopic (exact) mass is 248 g/mol. The minimum absolute atomic E-state index is 0.0652. The second kappa shape index (κ2) is 9.64. The van der Waals surface area contributed by atoms with Gasteiger partial charge in [0.25, 0.3) is 0 Å². The molecule has 0 aliphatic carbocycles. The molecule has 0 saturated carbocycles. The van der Waals surface area contributed by atoms with Gasteiger partial charge in [0.1, 0.15) is 0 Å². The first-order valence-electron chi connectivity index (χ1n) is 5.58. The van der Waals surface area contributed by atoms with Crippen molar-refractivity contribution in [2.24, 2.45) is 11.0 Å². The number of esters is 1. The van der Waals surface area contributed by atoms with Crippen LogP contribution in [0.3, 0.4) is 0 Å². The van der Waals surface area contributed by atoms with Gasteiger partial charge >= 0.3 is 5.97 Å². The number of hydrogen-bond donors (Lipinski definition) is 2. The number of nitrogens with two attached hydrogens (primary N) is 1. The quantitative estimate of drug-likeness (QED) is 0.199. The summed E-state index contributed by atoms with van der Waals surface area (Å²) in [4.78, 5) is 11.2. The smallest absolute Gasteiger partial charge is 0.307 e. The number of hydrazine groups is 1. The van der Waals surface area contributed by atoms with Crippen molar-refractivity contribution in [2.45, 2.75) is 26.2 Å². The molecular formula is C9H20N4O4. The Labute approximate surface area is 100 Å². The van der Waals surface area contributed by atoms with Crippen LogP contribution in [-0.4, -0.2) is 47.4 Å². The van der Waals surface area contributed by atoms with E-state index in [9.17, 15) is 10.0 Å². The van der Waals surface area contributed by atoms with Gasteiger partial charge in [-0.25, -0.2) is 0 Å². The molecule has 3 N–H and O–H groups in total. The molecule has 0 spiro atoms. The van der Waals surface area contributed by atoms with Gasteiger partial charge in [-0.15, -0.1) is 5.01 Å². The highest BCUT2D eigenvalue weighted by Crippen LogP contribution is 1.99. The average molecular weight is 248 g/mol. The highest BCUT2D eigenvalue weighted by atomic mass is 16.6. The lowest BCUT2D eigenvalue weighted by atomic mass is 10.3. The average Bonchev–Trinajstić information content (AvgIpc) is 2.33. The van der Waals surface area contributed by atoms with Crippen LogP contribution in [0.5, 0.6) is 0 Å². The number of hydrogen-bond acceptors (Lipinski definition) is 5. The van der Waals surface area contributed by atoms with E-state index < -0.39 is 0 Å². The van der Waals surface area contributed by atoms with Crippen LogP contribution in [0.4, 0.5) is 0 Å². The Kier molecular flexibility index (Phi) is 8.75. The lowest BCUT2D eigenvalue weighted by molar-refractivity contribution is -0.709. The van der Waals surface area contributed by atoms with Crippen molar-refractivity contribution < 1.29 is 19.7 Å². The third-order valence-electron chi connectivity index (χ3n) is 2.07. The van der Waals surface area contributed by atoms with Gasteiger partial charge in [0, 0.05) is 0 Å². The molecular weight excluding hydrogens is 228 g/mol. The van der Waals surface area contributed by atoms with Crippen molar-refractivity contribution in [3.63, 3.8) is 0 Å². The third-order valence-corrected chi connectivity index (χ3v) is 2.07. The number of ether oxygens (including phenoxy) is 1. The minimum Gasteiger partial charge on any atom is -0.569 e. The highest BCUT2D eigenvalue weighted by molar-refractivity contribution is 5.69. The molecule has 100 valence electrons. The topological polar surface area (TPSA) is 114 Å². The fraction of sp³-hybridized carbons (Fsp3) is 0.889. The summed E-state index contributed by atoms with van der Waals surface area (Å²) in [5, 5.41) is 23.2. The predicted octanol–water partition coefficient (Wildman–Crippen LogP) is 0.247.